The highest BCUT2D eigenvalue weighted by molar-refractivity contribution is 5.79. The molecule has 0 aliphatic heterocycles. The SMILES string of the molecule is Cc1cc(Nc2cc(-c3c(C)cccc3C)nc(Oc3ccc4c(=O)[nH][nH]c4c3)n2)n[nH]1. The lowest BCUT2D eigenvalue weighted by atomic mass is 10.00. The van der Waals surface area contributed by atoms with E-state index in [-0.39, 0.29) is 11.6 Å². The van der Waals surface area contributed by atoms with Crippen molar-refractivity contribution in [3.8, 4) is 23.0 Å². The second-order valence-corrected chi connectivity index (χ2v) is 7.64. The summed E-state index contributed by atoms with van der Waals surface area (Å²) < 4.78 is 5.99. The van der Waals surface area contributed by atoms with Crippen LogP contribution >= 0.6 is 0 Å². The summed E-state index contributed by atoms with van der Waals surface area (Å²) in [6, 6.07) is 15.2. The predicted molar refractivity (Wildman–Crippen MR) is 123 cm³/mol. The Hall–Kier alpha value is -4.40. The van der Waals surface area contributed by atoms with Gasteiger partial charge in [-0.2, -0.15) is 15.1 Å². The Balaban J connectivity index is 1.58. The van der Waals surface area contributed by atoms with Crippen molar-refractivity contribution in [3.63, 3.8) is 0 Å². The zero-order chi connectivity index (χ0) is 22.2. The van der Waals surface area contributed by atoms with E-state index in [0.717, 1.165) is 28.1 Å². The first-order valence-corrected chi connectivity index (χ1v) is 10.1. The van der Waals surface area contributed by atoms with E-state index in [4.69, 9.17) is 4.74 Å². The average molecular weight is 427 g/mol. The molecule has 0 amide bonds. The summed E-state index contributed by atoms with van der Waals surface area (Å²) in [4.78, 5) is 21.0. The number of rotatable bonds is 5. The first-order valence-electron chi connectivity index (χ1n) is 10.1. The van der Waals surface area contributed by atoms with E-state index in [2.05, 4.69) is 35.7 Å². The molecule has 0 aliphatic rings. The van der Waals surface area contributed by atoms with Crippen molar-refractivity contribution >= 4 is 22.5 Å². The van der Waals surface area contributed by atoms with E-state index < -0.39 is 0 Å². The van der Waals surface area contributed by atoms with Crippen LogP contribution in [0.5, 0.6) is 11.8 Å². The number of fused-ring (bicyclic) bond motifs is 1. The lowest BCUT2D eigenvalue weighted by Gasteiger charge is -2.13. The monoisotopic (exact) mass is 427 g/mol. The van der Waals surface area contributed by atoms with Gasteiger partial charge in [0.1, 0.15) is 11.6 Å². The normalized spacial score (nSPS) is 11.1. The predicted octanol–water partition coefficient (Wildman–Crippen LogP) is 4.50. The highest BCUT2D eigenvalue weighted by Gasteiger charge is 2.14. The maximum atomic E-state index is 11.8. The zero-order valence-corrected chi connectivity index (χ0v) is 17.8. The zero-order valence-electron chi connectivity index (χ0n) is 17.8. The van der Waals surface area contributed by atoms with Crippen LogP contribution in [0, 0.1) is 20.8 Å². The second-order valence-electron chi connectivity index (χ2n) is 7.64. The lowest BCUT2D eigenvalue weighted by Crippen LogP contribution is -2.01. The molecule has 0 aliphatic carbocycles. The standard InChI is InChI=1S/C23H21N7O2/c1-12-5-4-6-13(2)21(12)18-11-19(25-20-9-14(3)27-29-20)26-23(24-18)32-15-7-8-16-17(10-15)28-30-22(16)31/h4-11H,1-3H3,(H2,28,30,31)(H2,24,25,26,27,29). The second kappa shape index (κ2) is 7.69. The first kappa shape index (κ1) is 19.6. The molecule has 3 aromatic heterocycles. The number of nitrogens with zero attached hydrogens (tertiary/aromatic N) is 3. The highest BCUT2D eigenvalue weighted by Crippen LogP contribution is 2.31. The van der Waals surface area contributed by atoms with Crippen LogP contribution in [-0.4, -0.2) is 30.4 Å². The third-order valence-corrected chi connectivity index (χ3v) is 5.16. The van der Waals surface area contributed by atoms with Crippen molar-refractivity contribution in [2.75, 3.05) is 5.32 Å². The third-order valence-electron chi connectivity index (χ3n) is 5.16. The Morgan fingerprint density at radius 3 is 2.47 bits per heavy atom. The summed E-state index contributed by atoms with van der Waals surface area (Å²) in [5.74, 6) is 1.70. The molecule has 5 aromatic rings. The molecule has 0 spiro atoms. The van der Waals surface area contributed by atoms with E-state index >= 15 is 0 Å². The van der Waals surface area contributed by atoms with Gasteiger partial charge in [0.05, 0.1) is 16.6 Å². The van der Waals surface area contributed by atoms with Crippen molar-refractivity contribution in [3.05, 3.63) is 75.7 Å². The summed E-state index contributed by atoms with van der Waals surface area (Å²) in [6.45, 7) is 6.02. The quantitative estimate of drug-likeness (QED) is 0.327. The van der Waals surface area contributed by atoms with E-state index in [9.17, 15) is 4.79 Å². The van der Waals surface area contributed by atoms with Crippen LogP contribution < -0.4 is 15.6 Å². The van der Waals surface area contributed by atoms with Crippen molar-refractivity contribution in [2.45, 2.75) is 20.8 Å². The molecule has 0 saturated heterocycles. The van der Waals surface area contributed by atoms with Gasteiger partial charge in [0, 0.05) is 29.5 Å². The molecular weight excluding hydrogens is 406 g/mol. The topological polar surface area (TPSA) is 124 Å². The van der Waals surface area contributed by atoms with Crippen LogP contribution in [0.3, 0.4) is 0 Å². The van der Waals surface area contributed by atoms with Gasteiger partial charge in [-0.1, -0.05) is 18.2 Å². The Morgan fingerprint density at radius 1 is 0.906 bits per heavy atom. The number of hydrogen-bond donors (Lipinski definition) is 4. The van der Waals surface area contributed by atoms with E-state index in [0.29, 0.717) is 28.3 Å². The van der Waals surface area contributed by atoms with E-state index in [1.807, 2.05) is 51.1 Å². The van der Waals surface area contributed by atoms with Gasteiger partial charge in [0.15, 0.2) is 5.82 Å². The lowest BCUT2D eigenvalue weighted by molar-refractivity contribution is 0.444. The number of benzene rings is 2. The Morgan fingerprint density at radius 2 is 1.72 bits per heavy atom. The molecule has 0 fully saturated rings. The number of aryl methyl sites for hydroxylation is 3. The molecule has 5 rings (SSSR count). The number of nitrogens with one attached hydrogen (secondary N) is 4. The molecule has 2 aromatic carbocycles. The number of anilines is 2. The van der Waals surface area contributed by atoms with Gasteiger partial charge in [0.2, 0.25) is 0 Å². The molecule has 0 saturated carbocycles. The first-order chi connectivity index (χ1) is 15.5. The third kappa shape index (κ3) is 3.71. The maximum Gasteiger partial charge on any atom is 0.324 e. The van der Waals surface area contributed by atoms with Crippen LogP contribution in [0.4, 0.5) is 11.6 Å². The summed E-state index contributed by atoms with van der Waals surface area (Å²) in [5, 5.41) is 16.3. The summed E-state index contributed by atoms with van der Waals surface area (Å²) >= 11 is 0. The highest BCUT2D eigenvalue weighted by atomic mass is 16.5. The van der Waals surface area contributed by atoms with Crippen LogP contribution in [0.1, 0.15) is 16.8 Å². The van der Waals surface area contributed by atoms with Crippen LogP contribution in [-0.2, 0) is 0 Å². The van der Waals surface area contributed by atoms with Gasteiger partial charge >= 0.3 is 6.01 Å². The van der Waals surface area contributed by atoms with Crippen LogP contribution in [0.2, 0.25) is 0 Å². The maximum absolute atomic E-state index is 11.8. The fourth-order valence-electron chi connectivity index (χ4n) is 3.68. The number of aromatic amines is 3. The average Bonchev–Trinajstić information content (AvgIpc) is 3.33. The number of ether oxygens (including phenoxy) is 1. The molecule has 9 heteroatoms. The van der Waals surface area contributed by atoms with Crippen molar-refractivity contribution < 1.29 is 4.74 Å². The summed E-state index contributed by atoms with van der Waals surface area (Å²) in [5.41, 5.74) is 5.35. The summed E-state index contributed by atoms with van der Waals surface area (Å²) in [6.07, 6.45) is 0. The fraction of sp³-hybridized carbons (Fsp3) is 0.130. The van der Waals surface area contributed by atoms with Crippen molar-refractivity contribution in [1.29, 1.82) is 0 Å². The Bertz CT molecular complexity index is 1480. The minimum atomic E-state index is -0.180. The van der Waals surface area contributed by atoms with Gasteiger partial charge in [-0.3, -0.25) is 20.1 Å². The number of aromatic nitrogens is 6. The Kier molecular flexibility index (Phi) is 4.70. The number of H-pyrrole nitrogens is 3. The molecular formula is C23H21N7O2. The van der Waals surface area contributed by atoms with Gasteiger partial charge in [-0.25, -0.2) is 0 Å². The molecule has 4 N–H and O–H groups in total. The molecule has 0 bridgehead atoms. The number of hydrogen-bond acceptors (Lipinski definition) is 6. The minimum absolute atomic E-state index is 0.178. The van der Waals surface area contributed by atoms with Gasteiger partial charge in [0.25, 0.3) is 5.56 Å². The van der Waals surface area contributed by atoms with Gasteiger partial charge < -0.3 is 10.1 Å². The molecule has 9 nitrogen and oxygen atoms in total. The van der Waals surface area contributed by atoms with Crippen molar-refractivity contribution in [1.82, 2.24) is 30.4 Å². The van der Waals surface area contributed by atoms with Gasteiger partial charge in [-0.15, -0.1) is 0 Å². The van der Waals surface area contributed by atoms with Crippen LogP contribution in [0.15, 0.2) is 53.3 Å². The van der Waals surface area contributed by atoms with Crippen molar-refractivity contribution in [2.24, 2.45) is 0 Å². The van der Waals surface area contributed by atoms with Crippen LogP contribution in [0.25, 0.3) is 22.2 Å². The molecule has 160 valence electrons. The van der Waals surface area contributed by atoms with E-state index in [1.165, 1.54) is 0 Å². The molecule has 0 radical (unpaired) electrons. The largest absolute Gasteiger partial charge is 0.424 e. The summed E-state index contributed by atoms with van der Waals surface area (Å²) in [7, 11) is 0. The molecule has 32 heavy (non-hydrogen) atoms. The molecule has 0 unspecified atom stereocenters. The minimum Gasteiger partial charge on any atom is -0.424 e. The Labute approximate surface area is 182 Å². The smallest absolute Gasteiger partial charge is 0.324 e. The molecule has 0 atom stereocenters. The van der Waals surface area contributed by atoms with Gasteiger partial charge in [-0.05, 0) is 44.0 Å². The van der Waals surface area contributed by atoms with E-state index in [1.54, 1.807) is 18.2 Å². The fourth-order valence-corrected chi connectivity index (χ4v) is 3.68. The molecule has 3 heterocycles.